The molecular formula is C12H16BrNO2. The number of aliphatic carboxylic acids is 1. The van der Waals surface area contributed by atoms with Gasteiger partial charge in [0.15, 0.2) is 0 Å². The van der Waals surface area contributed by atoms with Gasteiger partial charge < -0.3 is 5.11 Å². The Bertz CT molecular complexity index is 368. The first-order valence-electron chi connectivity index (χ1n) is 5.14. The van der Waals surface area contributed by atoms with Gasteiger partial charge in [-0.15, -0.1) is 0 Å². The predicted octanol–water partition coefficient (Wildman–Crippen LogP) is 3.13. The molecule has 1 N–H and O–H groups in total. The highest BCUT2D eigenvalue weighted by molar-refractivity contribution is 9.10. The van der Waals surface area contributed by atoms with Crippen LogP contribution in [0.5, 0.6) is 0 Å². The van der Waals surface area contributed by atoms with Crippen LogP contribution < -0.4 is 0 Å². The van der Waals surface area contributed by atoms with Gasteiger partial charge >= 0.3 is 5.97 Å². The fourth-order valence-electron chi connectivity index (χ4n) is 1.50. The van der Waals surface area contributed by atoms with E-state index in [1.807, 2.05) is 32.9 Å². The Morgan fingerprint density at radius 1 is 1.50 bits per heavy atom. The van der Waals surface area contributed by atoms with Crippen LogP contribution >= 0.6 is 15.9 Å². The lowest BCUT2D eigenvalue weighted by Crippen LogP contribution is -2.30. The molecule has 0 saturated heterocycles. The molecule has 0 radical (unpaired) electrons. The molecule has 1 rings (SSSR count). The second-order valence-corrected chi connectivity index (χ2v) is 5.84. The van der Waals surface area contributed by atoms with Crippen molar-refractivity contribution in [1.82, 2.24) is 4.98 Å². The first-order chi connectivity index (χ1) is 7.30. The highest BCUT2D eigenvalue weighted by atomic mass is 79.9. The summed E-state index contributed by atoms with van der Waals surface area (Å²) >= 11 is 3.30. The molecule has 0 aromatic carbocycles. The standard InChI is InChI=1S/C12H16BrNO2/c1-12(2,3)10(11(15)16)6-9-5-4-8(13)7-14-9/h4-5,7,10H,6H2,1-3H3,(H,15,16). The maximum Gasteiger partial charge on any atom is 0.307 e. The number of hydrogen-bond donors (Lipinski definition) is 1. The summed E-state index contributed by atoms with van der Waals surface area (Å²) in [6.07, 6.45) is 2.16. The van der Waals surface area contributed by atoms with Crippen molar-refractivity contribution in [1.29, 1.82) is 0 Å². The predicted molar refractivity (Wildman–Crippen MR) is 66.2 cm³/mol. The number of nitrogens with zero attached hydrogens (tertiary/aromatic N) is 1. The van der Waals surface area contributed by atoms with E-state index in [9.17, 15) is 9.90 Å². The Morgan fingerprint density at radius 2 is 2.12 bits per heavy atom. The first-order valence-corrected chi connectivity index (χ1v) is 5.93. The van der Waals surface area contributed by atoms with E-state index < -0.39 is 11.9 Å². The summed E-state index contributed by atoms with van der Waals surface area (Å²) in [5.41, 5.74) is 0.547. The van der Waals surface area contributed by atoms with Gasteiger partial charge in [0.25, 0.3) is 0 Å². The van der Waals surface area contributed by atoms with Crippen molar-refractivity contribution >= 4 is 21.9 Å². The van der Waals surface area contributed by atoms with Crippen LogP contribution in [-0.2, 0) is 11.2 Å². The lowest BCUT2D eigenvalue weighted by molar-refractivity contribution is -0.145. The molecule has 0 aliphatic carbocycles. The quantitative estimate of drug-likeness (QED) is 0.928. The van der Waals surface area contributed by atoms with E-state index >= 15 is 0 Å². The minimum Gasteiger partial charge on any atom is -0.481 e. The van der Waals surface area contributed by atoms with E-state index in [2.05, 4.69) is 20.9 Å². The van der Waals surface area contributed by atoms with Gasteiger partial charge in [-0.25, -0.2) is 0 Å². The molecule has 1 atom stereocenters. The Kier molecular flexibility index (Phi) is 4.08. The summed E-state index contributed by atoms with van der Waals surface area (Å²) in [5.74, 6) is -1.18. The fourth-order valence-corrected chi connectivity index (χ4v) is 1.73. The largest absolute Gasteiger partial charge is 0.481 e. The van der Waals surface area contributed by atoms with Crippen LogP contribution in [0, 0.1) is 11.3 Å². The highest BCUT2D eigenvalue weighted by Gasteiger charge is 2.31. The number of aromatic nitrogens is 1. The van der Waals surface area contributed by atoms with Crippen molar-refractivity contribution in [2.45, 2.75) is 27.2 Å². The van der Waals surface area contributed by atoms with Gasteiger partial charge in [0.2, 0.25) is 0 Å². The Morgan fingerprint density at radius 3 is 2.50 bits per heavy atom. The molecule has 4 heteroatoms. The smallest absolute Gasteiger partial charge is 0.307 e. The van der Waals surface area contributed by atoms with E-state index in [4.69, 9.17) is 0 Å². The third kappa shape index (κ3) is 3.59. The van der Waals surface area contributed by atoms with Crippen molar-refractivity contribution in [3.63, 3.8) is 0 Å². The van der Waals surface area contributed by atoms with Crippen molar-refractivity contribution in [2.75, 3.05) is 0 Å². The number of carbonyl (C=O) groups is 1. The van der Waals surface area contributed by atoms with Crippen LogP contribution in [0.3, 0.4) is 0 Å². The molecule has 0 spiro atoms. The van der Waals surface area contributed by atoms with Gasteiger partial charge in [-0.2, -0.15) is 0 Å². The normalized spacial score (nSPS) is 13.5. The Labute approximate surface area is 104 Å². The Balaban J connectivity index is 2.84. The van der Waals surface area contributed by atoms with Crippen molar-refractivity contribution in [3.05, 3.63) is 28.5 Å². The fraction of sp³-hybridized carbons (Fsp3) is 0.500. The molecule has 0 amide bonds. The second kappa shape index (κ2) is 4.95. The van der Waals surface area contributed by atoms with Crippen molar-refractivity contribution in [2.24, 2.45) is 11.3 Å². The van der Waals surface area contributed by atoms with E-state index in [1.165, 1.54) is 0 Å². The van der Waals surface area contributed by atoms with Crippen molar-refractivity contribution in [3.8, 4) is 0 Å². The molecule has 88 valence electrons. The average Bonchev–Trinajstić information content (AvgIpc) is 2.14. The minimum absolute atomic E-state index is 0.263. The zero-order valence-corrected chi connectivity index (χ0v) is 11.3. The van der Waals surface area contributed by atoms with Crippen LogP contribution in [0.15, 0.2) is 22.8 Å². The lowest BCUT2D eigenvalue weighted by atomic mass is 9.78. The molecule has 1 aromatic heterocycles. The summed E-state index contributed by atoms with van der Waals surface area (Å²) in [4.78, 5) is 15.4. The molecule has 16 heavy (non-hydrogen) atoms. The molecule has 1 unspecified atom stereocenters. The van der Waals surface area contributed by atoms with Crippen LogP contribution in [0.25, 0.3) is 0 Å². The summed E-state index contributed by atoms with van der Waals surface area (Å²) in [6.45, 7) is 5.81. The average molecular weight is 286 g/mol. The molecule has 3 nitrogen and oxygen atoms in total. The maximum atomic E-state index is 11.2. The summed E-state index contributed by atoms with van der Waals surface area (Å²) in [5, 5.41) is 9.19. The lowest BCUT2D eigenvalue weighted by Gasteiger charge is -2.26. The number of carboxylic acids is 1. The molecule has 1 aromatic rings. The van der Waals surface area contributed by atoms with Gasteiger partial charge in [0.1, 0.15) is 0 Å². The molecule has 0 saturated carbocycles. The van der Waals surface area contributed by atoms with Gasteiger partial charge in [-0.3, -0.25) is 9.78 Å². The zero-order chi connectivity index (χ0) is 12.3. The van der Waals surface area contributed by atoms with Crippen LogP contribution in [-0.4, -0.2) is 16.1 Å². The van der Waals surface area contributed by atoms with E-state index in [0.717, 1.165) is 10.2 Å². The van der Waals surface area contributed by atoms with E-state index in [-0.39, 0.29) is 5.41 Å². The van der Waals surface area contributed by atoms with Crippen LogP contribution in [0.1, 0.15) is 26.5 Å². The monoisotopic (exact) mass is 285 g/mol. The molecule has 0 fully saturated rings. The van der Waals surface area contributed by atoms with Gasteiger partial charge in [-0.05, 0) is 33.5 Å². The van der Waals surface area contributed by atoms with Gasteiger partial charge in [-0.1, -0.05) is 20.8 Å². The van der Waals surface area contributed by atoms with Crippen LogP contribution in [0.2, 0.25) is 0 Å². The third-order valence-electron chi connectivity index (χ3n) is 2.55. The summed E-state index contributed by atoms with van der Waals surface area (Å²) in [7, 11) is 0. The van der Waals surface area contributed by atoms with E-state index in [0.29, 0.717) is 6.42 Å². The number of pyridine rings is 1. The number of hydrogen-bond acceptors (Lipinski definition) is 2. The Hall–Kier alpha value is -0.900. The number of rotatable bonds is 3. The first kappa shape index (κ1) is 13.2. The molecule has 0 aliphatic rings. The van der Waals surface area contributed by atoms with E-state index in [1.54, 1.807) is 6.20 Å². The van der Waals surface area contributed by atoms with Crippen molar-refractivity contribution < 1.29 is 9.90 Å². The summed E-state index contributed by atoms with van der Waals surface area (Å²) in [6, 6.07) is 3.73. The molecule has 0 aliphatic heterocycles. The minimum atomic E-state index is -0.766. The van der Waals surface area contributed by atoms with Crippen LogP contribution in [0.4, 0.5) is 0 Å². The third-order valence-corrected chi connectivity index (χ3v) is 3.01. The molecule has 1 heterocycles. The molecular weight excluding hydrogens is 270 g/mol. The van der Waals surface area contributed by atoms with Gasteiger partial charge in [0, 0.05) is 22.8 Å². The maximum absolute atomic E-state index is 11.2. The SMILES string of the molecule is CC(C)(C)C(Cc1ccc(Br)cn1)C(=O)O. The summed E-state index contributed by atoms with van der Waals surface area (Å²) < 4.78 is 0.902. The topological polar surface area (TPSA) is 50.2 Å². The molecule has 0 bridgehead atoms. The van der Waals surface area contributed by atoms with Gasteiger partial charge in [0.05, 0.1) is 5.92 Å². The zero-order valence-electron chi connectivity index (χ0n) is 9.70. The number of carboxylic acid groups (broad SMARTS) is 1. The second-order valence-electron chi connectivity index (χ2n) is 4.93. The highest BCUT2D eigenvalue weighted by Crippen LogP contribution is 2.29. The number of halogens is 1.